The van der Waals surface area contributed by atoms with Gasteiger partial charge in [0.05, 0.1) is 21.4 Å². The number of aromatic nitrogens is 2. The summed E-state index contributed by atoms with van der Waals surface area (Å²) in [5.41, 5.74) is 3.33. The minimum Gasteiger partial charge on any atom is -0.351 e. The summed E-state index contributed by atoms with van der Waals surface area (Å²) in [7, 11) is 0. The van der Waals surface area contributed by atoms with Gasteiger partial charge in [-0.05, 0) is 44.0 Å². The van der Waals surface area contributed by atoms with Crippen molar-refractivity contribution < 1.29 is 9.59 Å². The van der Waals surface area contributed by atoms with Crippen molar-refractivity contribution in [2.45, 2.75) is 26.7 Å². The molecule has 146 valence electrons. The molecule has 2 amide bonds. The maximum Gasteiger partial charge on any atom is 0.270 e. The van der Waals surface area contributed by atoms with Gasteiger partial charge in [-0.2, -0.15) is 0 Å². The molecule has 0 aliphatic heterocycles. The Morgan fingerprint density at radius 2 is 1.82 bits per heavy atom. The second-order valence-corrected chi connectivity index (χ2v) is 7.25. The molecular weight excluding hydrogens is 399 g/mol. The molecule has 8 heteroatoms. The van der Waals surface area contributed by atoms with Crippen LogP contribution in [0.5, 0.6) is 0 Å². The average Bonchev–Trinajstić information content (AvgIpc) is 2.99. The summed E-state index contributed by atoms with van der Waals surface area (Å²) in [6.45, 7) is 4.12. The van der Waals surface area contributed by atoms with Gasteiger partial charge in [0, 0.05) is 19.2 Å². The Balaban J connectivity index is 1.54. The normalized spacial score (nSPS) is 10.9. The molecule has 3 rings (SSSR count). The lowest BCUT2D eigenvalue weighted by molar-refractivity contribution is -0.116. The van der Waals surface area contributed by atoms with Crippen LogP contribution in [-0.2, 0) is 4.79 Å². The van der Waals surface area contributed by atoms with E-state index in [0.29, 0.717) is 40.1 Å². The molecule has 0 saturated carbocycles. The first-order valence-corrected chi connectivity index (χ1v) is 9.60. The molecule has 0 unspecified atom stereocenters. The topological polar surface area (TPSA) is 75.5 Å². The Morgan fingerprint density at radius 1 is 1.11 bits per heavy atom. The van der Waals surface area contributed by atoms with Crippen molar-refractivity contribution in [1.82, 2.24) is 14.7 Å². The number of anilines is 1. The highest BCUT2D eigenvalue weighted by Crippen LogP contribution is 2.29. The van der Waals surface area contributed by atoms with Gasteiger partial charge < -0.3 is 10.6 Å². The Hall–Kier alpha value is -2.57. The molecule has 0 spiro atoms. The van der Waals surface area contributed by atoms with Crippen LogP contribution in [0.3, 0.4) is 0 Å². The highest BCUT2D eigenvalue weighted by molar-refractivity contribution is 6.39. The van der Waals surface area contributed by atoms with Gasteiger partial charge in [-0.25, -0.2) is 4.98 Å². The number of pyridine rings is 1. The number of carbonyl (C=O) groups excluding carboxylic acids is 2. The lowest BCUT2D eigenvalue weighted by atomic mass is 10.2. The summed E-state index contributed by atoms with van der Waals surface area (Å²) in [6, 6.07) is 8.85. The average molecular weight is 419 g/mol. The van der Waals surface area contributed by atoms with E-state index in [1.165, 1.54) is 0 Å². The predicted octanol–water partition coefficient (Wildman–Crippen LogP) is 4.41. The van der Waals surface area contributed by atoms with Crippen molar-refractivity contribution in [3.8, 4) is 0 Å². The molecule has 1 aromatic carbocycles. The molecule has 0 saturated heterocycles. The van der Waals surface area contributed by atoms with E-state index in [2.05, 4.69) is 15.6 Å². The van der Waals surface area contributed by atoms with E-state index in [9.17, 15) is 9.59 Å². The van der Waals surface area contributed by atoms with E-state index >= 15 is 0 Å². The number of amides is 2. The lowest BCUT2D eigenvalue weighted by Gasteiger charge is -2.09. The van der Waals surface area contributed by atoms with E-state index in [1.54, 1.807) is 22.6 Å². The SMILES string of the molecule is Cc1nc2c(C)cccn2c1C(=O)NCCCC(=O)Nc1c(Cl)cccc1Cl. The maximum absolute atomic E-state index is 12.6. The second-order valence-electron chi connectivity index (χ2n) is 6.43. The van der Waals surface area contributed by atoms with Crippen LogP contribution < -0.4 is 10.6 Å². The molecule has 0 atom stereocenters. The van der Waals surface area contributed by atoms with E-state index in [4.69, 9.17) is 23.2 Å². The smallest absolute Gasteiger partial charge is 0.270 e. The van der Waals surface area contributed by atoms with Crippen molar-refractivity contribution in [3.05, 3.63) is 63.5 Å². The number of aryl methyl sites for hydroxylation is 2. The number of nitrogens with one attached hydrogen (secondary N) is 2. The minimum atomic E-state index is -0.217. The van der Waals surface area contributed by atoms with Gasteiger partial charge in [-0.1, -0.05) is 35.3 Å². The van der Waals surface area contributed by atoms with Crippen LogP contribution in [0.25, 0.3) is 5.65 Å². The largest absolute Gasteiger partial charge is 0.351 e. The monoisotopic (exact) mass is 418 g/mol. The molecule has 2 N–H and O–H groups in total. The first kappa shape index (κ1) is 20.2. The second kappa shape index (κ2) is 8.63. The fourth-order valence-corrected chi connectivity index (χ4v) is 3.44. The zero-order valence-corrected chi connectivity index (χ0v) is 17.1. The van der Waals surface area contributed by atoms with Crippen LogP contribution in [0, 0.1) is 13.8 Å². The highest BCUT2D eigenvalue weighted by atomic mass is 35.5. The van der Waals surface area contributed by atoms with Crippen molar-refractivity contribution >= 4 is 46.4 Å². The fourth-order valence-electron chi connectivity index (χ4n) is 2.94. The first-order chi connectivity index (χ1) is 13.4. The standard InChI is InChI=1S/C20H20Cl2N4O2/c1-12-6-5-11-26-18(13(2)24-19(12)26)20(28)23-10-4-9-16(27)25-17-14(21)7-3-8-15(17)22/h3,5-8,11H,4,9-10H2,1-2H3,(H,23,28)(H,25,27). The Morgan fingerprint density at radius 3 is 2.54 bits per heavy atom. The molecule has 0 bridgehead atoms. The molecule has 3 aromatic rings. The van der Waals surface area contributed by atoms with E-state index in [-0.39, 0.29) is 18.2 Å². The van der Waals surface area contributed by atoms with Gasteiger partial charge >= 0.3 is 0 Å². The van der Waals surface area contributed by atoms with Gasteiger partial charge in [0.2, 0.25) is 5.91 Å². The van der Waals surface area contributed by atoms with Gasteiger partial charge in [-0.15, -0.1) is 0 Å². The number of nitrogens with zero attached hydrogens (tertiary/aromatic N) is 2. The molecule has 0 radical (unpaired) electrons. The Labute approximate surface area is 172 Å². The number of hydrogen-bond acceptors (Lipinski definition) is 3. The summed E-state index contributed by atoms with van der Waals surface area (Å²) in [6.07, 6.45) is 2.53. The number of carbonyl (C=O) groups is 2. The third-order valence-electron chi connectivity index (χ3n) is 4.33. The molecule has 2 aromatic heterocycles. The molecule has 6 nitrogen and oxygen atoms in total. The highest BCUT2D eigenvalue weighted by Gasteiger charge is 2.17. The predicted molar refractivity (Wildman–Crippen MR) is 111 cm³/mol. The van der Waals surface area contributed by atoms with Crippen LogP contribution in [0.2, 0.25) is 10.0 Å². The summed E-state index contributed by atoms with van der Waals surface area (Å²) in [5, 5.41) is 6.32. The molecule has 2 heterocycles. The van der Waals surface area contributed by atoms with E-state index < -0.39 is 0 Å². The number of fused-ring (bicyclic) bond motifs is 1. The van der Waals surface area contributed by atoms with Gasteiger partial charge in [0.15, 0.2) is 0 Å². The fraction of sp³-hybridized carbons (Fsp3) is 0.250. The van der Waals surface area contributed by atoms with Gasteiger partial charge in [-0.3, -0.25) is 14.0 Å². The van der Waals surface area contributed by atoms with Crippen LogP contribution in [0.15, 0.2) is 36.5 Å². The third kappa shape index (κ3) is 4.29. The van der Waals surface area contributed by atoms with Crippen LogP contribution >= 0.6 is 23.2 Å². The van der Waals surface area contributed by atoms with Crippen LogP contribution in [-0.4, -0.2) is 27.7 Å². The van der Waals surface area contributed by atoms with Crippen molar-refractivity contribution in [3.63, 3.8) is 0 Å². The number of benzene rings is 1. The quantitative estimate of drug-likeness (QED) is 0.582. The first-order valence-electron chi connectivity index (χ1n) is 8.85. The number of para-hydroxylation sites is 1. The lowest BCUT2D eigenvalue weighted by Crippen LogP contribution is -2.27. The minimum absolute atomic E-state index is 0.217. The molecule has 0 aliphatic carbocycles. The van der Waals surface area contributed by atoms with Crippen LogP contribution in [0.1, 0.15) is 34.6 Å². The summed E-state index contributed by atoms with van der Waals surface area (Å²) in [5.74, 6) is -0.434. The van der Waals surface area contributed by atoms with Crippen molar-refractivity contribution in [2.24, 2.45) is 0 Å². The van der Waals surface area contributed by atoms with E-state index in [1.807, 2.05) is 32.2 Å². The molecule has 0 fully saturated rings. The Bertz CT molecular complexity index is 1030. The molecular formula is C20H20Cl2N4O2. The summed E-state index contributed by atoms with van der Waals surface area (Å²) < 4.78 is 1.78. The van der Waals surface area contributed by atoms with E-state index in [0.717, 1.165) is 11.2 Å². The zero-order chi connectivity index (χ0) is 20.3. The summed E-state index contributed by atoms with van der Waals surface area (Å²) in [4.78, 5) is 29.1. The number of hydrogen-bond donors (Lipinski definition) is 2. The van der Waals surface area contributed by atoms with Crippen molar-refractivity contribution in [1.29, 1.82) is 0 Å². The third-order valence-corrected chi connectivity index (χ3v) is 4.96. The number of imidazole rings is 1. The van der Waals surface area contributed by atoms with Gasteiger partial charge in [0.1, 0.15) is 11.3 Å². The number of rotatable bonds is 6. The Kier molecular flexibility index (Phi) is 6.21. The zero-order valence-electron chi connectivity index (χ0n) is 15.6. The van der Waals surface area contributed by atoms with Crippen molar-refractivity contribution in [2.75, 3.05) is 11.9 Å². The summed E-state index contributed by atoms with van der Waals surface area (Å²) >= 11 is 12.1. The number of halogens is 2. The van der Waals surface area contributed by atoms with Crippen LogP contribution in [0.4, 0.5) is 5.69 Å². The maximum atomic E-state index is 12.6. The molecule has 0 aliphatic rings. The van der Waals surface area contributed by atoms with Gasteiger partial charge in [0.25, 0.3) is 5.91 Å². The molecule has 28 heavy (non-hydrogen) atoms.